The number of carbonyl (C=O) groups is 1. The summed E-state index contributed by atoms with van der Waals surface area (Å²) in [6.45, 7) is 0.223. The van der Waals surface area contributed by atoms with Crippen molar-refractivity contribution in [3.05, 3.63) is 138 Å². The van der Waals surface area contributed by atoms with Crippen molar-refractivity contribution in [3.63, 3.8) is 0 Å². The van der Waals surface area contributed by atoms with Crippen LogP contribution in [-0.4, -0.2) is 20.5 Å². The Morgan fingerprint density at radius 1 is 0.812 bits per heavy atom. The zero-order valence-corrected chi connectivity index (χ0v) is 28.3. The monoisotopic (exact) mass is 697 g/mol. The van der Waals surface area contributed by atoms with Crippen molar-refractivity contribution >= 4 is 54.7 Å². The highest BCUT2D eigenvalue weighted by Crippen LogP contribution is 2.45. The third kappa shape index (κ3) is 6.18. The second-order valence-electron chi connectivity index (χ2n) is 11.7. The minimum Gasteiger partial charge on any atom is -0.457 e. The zero-order chi connectivity index (χ0) is 30.4. The smallest absolute Gasteiger partial charge is 0.338 e. The number of hydrogen-bond acceptors (Lipinski definition) is 6. The van der Waals surface area contributed by atoms with Gasteiger partial charge in [-0.25, -0.2) is 14.8 Å². The number of carbonyl (C=O) groups excluding carboxylic acids is 1. The predicted octanol–water partition coefficient (Wildman–Crippen LogP) is 9.29. The minimum absolute atomic E-state index is 0. The number of pyridine rings is 1. The van der Waals surface area contributed by atoms with E-state index in [1.165, 1.54) is 0 Å². The quantitative estimate of drug-likeness (QED) is 0.168. The van der Waals surface area contributed by atoms with Gasteiger partial charge < -0.3 is 15.8 Å². The standard InChI is InChI=1S/C38H31N5O2.3ClH/c39-38(21-7-22-38)29-19-17-27(18-20-29)34-33(26-13-15-28(16-14-26)37(44)45-24-25-8-2-1-3-9-25)42-36-30-10-4-5-11-31(30)41-35-32(43(34)36)12-6-23-40-35;;;/h1-6,8-20,23H,7,21-22,24,39H2,(H,40,41);3*1H. The molecule has 10 heteroatoms. The fourth-order valence-corrected chi connectivity index (χ4v) is 6.27. The summed E-state index contributed by atoms with van der Waals surface area (Å²) < 4.78 is 7.77. The van der Waals surface area contributed by atoms with E-state index in [0.717, 1.165) is 81.5 Å². The van der Waals surface area contributed by atoms with Crippen molar-refractivity contribution in [2.75, 3.05) is 5.32 Å². The number of benzene rings is 4. The highest BCUT2D eigenvalue weighted by molar-refractivity contribution is 5.93. The van der Waals surface area contributed by atoms with E-state index >= 15 is 0 Å². The van der Waals surface area contributed by atoms with Gasteiger partial charge in [0, 0.05) is 28.4 Å². The number of para-hydroxylation sites is 1. The van der Waals surface area contributed by atoms with Gasteiger partial charge >= 0.3 is 5.97 Å². The summed E-state index contributed by atoms with van der Waals surface area (Å²) in [5.74, 6) is 1.19. The molecule has 0 amide bonds. The first kappa shape index (κ1) is 34.7. The van der Waals surface area contributed by atoms with Crippen LogP contribution in [0.4, 0.5) is 11.5 Å². The first-order chi connectivity index (χ1) is 22.1. The van der Waals surface area contributed by atoms with Gasteiger partial charge in [-0.05, 0) is 66.8 Å². The van der Waals surface area contributed by atoms with Crippen molar-refractivity contribution < 1.29 is 9.53 Å². The molecule has 2 aromatic heterocycles. The second-order valence-corrected chi connectivity index (χ2v) is 11.7. The average Bonchev–Trinajstić information content (AvgIpc) is 3.41. The Morgan fingerprint density at radius 3 is 2.21 bits per heavy atom. The number of aromatic nitrogens is 3. The Hall–Kier alpha value is -4.66. The van der Waals surface area contributed by atoms with Crippen LogP contribution in [0.1, 0.15) is 40.7 Å². The maximum Gasteiger partial charge on any atom is 0.338 e. The number of fused-ring (bicyclic) bond motifs is 5. The molecule has 0 unspecified atom stereocenters. The number of imidazole rings is 1. The fourth-order valence-electron chi connectivity index (χ4n) is 6.27. The fraction of sp³-hybridized carbons (Fsp3) is 0.132. The number of nitrogens with two attached hydrogens (primary N) is 1. The van der Waals surface area contributed by atoms with E-state index in [1.807, 2.05) is 66.7 Å². The molecule has 4 aromatic carbocycles. The molecule has 3 heterocycles. The van der Waals surface area contributed by atoms with Gasteiger partial charge in [-0.2, -0.15) is 0 Å². The maximum absolute atomic E-state index is 12.9. The van der Waals surface area contributed by atoms with Crippen LogP contribution in [0.25, 0.3) is 39.6 Å². The lowest BCUT2D eigenvalue weighted by Gasteiger charge is -2.38. The number of hydrogen-bond donors (Lipinski definition) is 2. The van der Waals surface area contributed by atoms with Gasteiger partial charge in [0.05, 0.1) is 28.3 Å². The molecular weight excluding hydrogens is 665 g/mol. The van der Waals surface area contributed by atoms with E-state index < -0.39 is 0 Å². The van der Waals surface area contributed by atoms with E-state index in [2.05, 4.69) is 46.3 Å². The number of rotatable bonds is 6. The van der Waals surface area contributed by atoms with Gasteiger partial charge in [0.15, 0.2) is 5.82 Å². The molecule has 48 heavy (non-hydrogen) atoms. The Balaban J connectivity index is 0.00000150. The lowest BCUT2D eigenvalue weighted by molar-refractivity contribution is 0.0472. The third-order valence-electron chi connectivity index (χ3n) is 8.91. The number of esters is 1. The molecule has 1 aliphatic carbocycles. The third-order valence-corrected chi connectivity index (χ3v) is 8.91. The molecule has 2 aliphatic rings. The first-order valence-corrected chi connectivity index (χ1v) is 15.2. The van der Waals surface area contributed by atoms with Crippen molar-refractivity contribution in [1.82, 2.24) is 14.5 Å². The first-order valence-electron chi connectivity index (χ1n) is 15.2. The van der Waals surface area contributed by atoms with E-state index in [1.54, 1.807) is 18.3 Å². The van der Waals surface area contributed by atoms with Crippen LogP contribution >= 0.6 is 37.2 Å². The molecule has 0 saturated heterocycles. The molecule has 1 saturated carbocycles. The topological polar surface area (TPSA) is 95.1 Å². The molecule has 0 spiro atoms. The van der Waals surface area contributed by atoms with Gasteiger partial charge in [0.25, 0.3) is 0 Å². The second kappa shape index (κ2) is 14.2. The van der Waals surface area contributed by atoms with Gasteiger partial charge in [0.1, 0.15) is 12.4 Å². The molecule has 1 fully saturated rings. The van der Waals surface area contributed by atoms with Crippen LogP contribution in [0.15, 0.2) is 121 Å². The van der Waals surface area contributed by atoms with Crippen molar-refractivity contribution in [1.29, 1.82) is 0 Å². The lowest BCUT2D eigenvalue weighted by atomic mass is 9.72. The Labute approximate surface area is 297 Å². The molecule has 0 radical (unpaired) electrons. The molecule has 0 bridgehead atoms. The highest BCUT2D eigenvalue weighted by atomic mass is 35.5. The summed E-state index contributed by atoms with van der Waals surface area (Å²) >= 11 is 0. The molecule has 8 rings (SSSR count). The van der Waals surface area contributed by atoms with Crippen LogP contribution in [0.5, 0.6) is 0 Å². The van der Waals surface area contributed by atoms with Crippen molar-refractivity contribution in [3.8, 4) is 39.6 Å². The van der Waals surface area contributed by atoms with Gasteiger partial charge in [-0.15, -0.1) is 37.2 Å². The zero-order valence-electron chi connectivity index (χ0n) is 25.8. The van der Waals surface area contributed by atoms with Crippen LogP contribution < -0.4 is 11.1 Å². The van der Waals surface area contributed by atoms with Gasteiger partial charge in [0.2, 0.25) is 0 Å². The summed E-state index contributed by atoms with van der Waals surface area (Å²) in [5, 5.41) is 3.52. The van der Waals surface area contributed by atoms with Crippen LogP contribution in [0.2, 0.25) is 0 Å². The highest BCUT2D eigenvalue weighted by Gasteiger charge is 2.34. The largest absolute Gasteiger partial charge is 0.457 e. The number of anilines is 2. The number of nitrogens with one attached hydrogen (secondary N) is 1. The van der Waals surface area contributed by atoms with Crippen molar-refractivity contribution in [2.24, 2.45) is 5.73 Å². The summed E-state index contributed by atoms with van der Waals surface area (Å²) in [6, 6.07) is 37.9. The molecule has 244 valence electrons. The molecule has 1 aliphatic heterocycles. The maximum atomic E-state index is 12.9. The summed E-state index contributed by atoms with van der Waals surface area (Å²) in [7, 11) is 0. The van der Waals surface area contributed by atoms with E-state index in [0.29, 0.717) is 5.56 Å². The van der Waals surface area contributed by atoms with Crippen LogP contribution in [0.3, 0.4) is 0 Å². The van der Waals surface area contributed by atoms with Crippen LogP contribution in [0, 0.1) is 0 Å². The van der Waals surface area contributed by atoms with Crippen molar-refractivity contribution in [2.45, 2.75) is 31.4 Å². The summed E-state index contributed by atoms with van der Waals surface area (Å²) in [5.41, 5.74) is 15.5. The molecular formula is C38H34Cl3N5O2. The average molecular weight is 699 g/mol. The summed E-state index contributed by atoms with van der Waals surface area (Å²) in [4.78, 5) is 22.9. The SMILES string of the molecule is Cl.Cl.Cl.NC1(c2ccc(-c3c(-c4ccc(C(=O)OCc5ccccc5)cc4)nc4n3-c3cccnc3Nc3ccccc3-4)cc2)CCC1. The van der Waals surface area contributed by atoms with E-state index in [-0.39, 0.29) is 55.3 Å². The summed E-state index contributed by atoms with van der Waals surface area (Å²) in [6.07, 6.45) is 4.95. The number of ether oxygens (including phenoxy) is 1. The van der Waals surface area contributed by atoms with Gasteiger partial charge in [-0.1, -0.05) is 78.9 Å². The van der Waals surface area contributed by atoms with E-state index in [9.17, 15) is 4.79 Å². The Bertz CT molecular complexity index is 2040. The molecule has 6 aromatic rings. The normalized spacial score (nSPS) is 13.3. The van der Waals surface area contributed by atoms with E-state index in [4.69, 9.17) is 20.4 Å². The molecule has 3 N–H and O–H groups in total. The molecule has 7 nitrogen and oxygen atoms in total. The Kier molecular flexibility index (Phi) is 10.3. The number of halogens is 3. The number of nitrogens with zero attached hydrogens (tertiary/aromatic N) is 3. The lowest BCUT2D eigenvalue weighted by Crippen LogP contribution is -2.43. The predicted molar refractivity (Wildman–Crippen MR) is 198 cm³/mol. The van der Waals surface area contributed by atoms with Gasteiger partial charge in [-0.3, -0.25) is 4.57 Å². The van der Waals surface area contributed by atoms with Crippen LogP contribution in [-0.2, 0) is 16.9 Å². The minimum atomic E-state index is -0.367. The Morgan fingerprint density at radius 2 is 1.50 bits per heavy atom. The molecule has 0 atom stereocenters.